The lowest BCUT2D eigenvalue weighted by Crippen LogP contribution is -2.25. The molecule has 0 amide bonds. The predicted molar refractivity (Wildman–Crippen MR) is 88.5 cm³/mol. The highest BCUT2D eigenvalue weighted by molar-refractivity contribution is 5.39. The maximum Gasteiger partial charge on any atom is 0.123 e. The van der Waals surface area contributed by atoms with Crippen molar-refractivity contribution in [1.29, 1.82) is 0 Å². The summed E-state index contributed by atoms with van der Waals surface area (Å²) < 4.78 is 10.8. The first-order valence-corrected chi connectivity index (χ1v) is 7.84. The van der Waals surface area contributed by atoms with Gasteiger partial charge in [-0.25, -0.2) is 0 Å². The van der Waals surface area contributed by atoms with Gasteiger partial charge in [0, 0.05) is 18.2 Å². The molecule has 3 rings (SSSR count). The van der Waals surface area contributed by atoms with Gasteiger partial charge in [-0.1, -0.05) is 24.3 Å². The summed E-state index contributed by atoms with van der Waals surface area (Å²) in [5, 5.41) is 3.69. The second-order valence-corrected chi connectivity index (χ2v) is 5.70. The number of aryl methyl sites for hydroxylation is 1. The van der Waals surface area contributed by atoms with Crippen molar-refractivity contribution in [2.24, 2.45) is 0 Å². The summed E-state index contributed by atoms with van der Waals surface area (Å²) in [6.07, 6.45) is 3.53. The summed E-state index contributed by atoms with van der Waals surface area (Å²) in [5.41, 5.74) is 4.01. The Hall–Kier alpha value is -2.00. The van der Waals surface area contributed by atoms with Gasteiger partial charge in [0.2, 0.25) is 0 Å². The minimum absolute atomic E-state index is 0.402. The third-order valence-electron chi connectivity index (χ3n) is 4.40. The normalized spacial score (nSPS) is 16.9. The van der Waals surface area contributed by atoms with E-state index in [-0.39, 0.29) is 0 Å². The molecule has 0 fully saturated rings. The molecule has 3 heteroatoms. The van der Waals surface area contributed by atoms with E-state index >= 15 is 0 Å². The highest BCUT2D eigenvalue weighted by Crippen LogP contribution is 2.32. The Labute approximate surface area is 132 Å². The molecule has 116 valence electrons. The first-order chi connectivity index (χ1) is 10.8. The van der Waals surface area contributed by atoms with E-state index in [1.807, 2.05) is 12.1 Å². The SMILES string of the molecule is COc1ccc2c(c1)CCCC2NCc1ccccc1OC. The molecule has 2 aromatic carbocycles. The lowest BCUT2D eigenvalue weighted by atomic mass is 9.87. The van der Waals surface area contributed by atoms with E-state index < -0.39 is 0 Å². The second kappa shape index (κ2) is 6.84. The van der Waals surface area contributed by atoms with Crippen LogP contribution >= 0.6 is 0 Å². The molecule has 0 saturated heterocycles. The lowest BCUT2D eigenvalue weighted by Gasteiger charge is -2.27. The van der Waals surface area contributed by atoms with Crippen molar-refractivity contribution in [2.45, 2.75) is 31.8 Å². The van der Waals surface area contributed by atoms with Crippen LogP contribution in [0.25, 0.3) is 0 Å². The maximum absolute atomic E-state index is 5.43. The van der Waals surface area contributed by atoms with Gasteiger partial charge in [-0.15, -0.1) is 0 Å². The molecule has 0 aromatic heterocycles. The topological polar surface area (TPSA) is 30.5 Å². The molecule has 1 aliphatic carbocycles. The summed E-state index contributed by atoms with van der Waals surface area (Å²) in [6.45, 7) is 0.820. The Bertz CT molecular complexity index is 639. The minimum Gasteiger partial charge on any atom is -0.497 e. The minimum atomic E-state index is 0.402. The molecule has 1 unspecified atom stereocenters. The first kappa shape index (κ1) is 14.9. The molecule has 0 spiro atoms. The lowest BCUT2D eigenvalue weighted by molar-refractivity contribution is 0.399. The van der Waals surface area contributed by atoms with Crippen LogP contribution in [0, 0.1) is 0 Å². The summed E-state index contributed by atoms with van der Waals surface area (Å²) in [7, 11) is 3.45. The van der Waals surface area contributed by atoms with E-state index in [1.54, 1.807) is 14.2 Å². The van der Waals surface area contributed by atoms with Gasteiger partial charge in [-0.2, -0.15) is 0 Å². The number of nitrogens with one attached hydrogen (secondary N) is 1. The number of para-hydroxylation sites is 1. The molecule has 0 bridgehead atoms. The first-order valence-electron chi connectivity index (χ1n) is 7.84. The van der Waals surface area contributed by atoms with Crippen molar-refractivity contribution in [3.63, 3.8) is 0 Å². The van der Waals surface area contributed by atoms with Crippen molar-refractivity contribution < 1.29 is 9.47 Å². The number of fused-ring (bicyclic) bond motifs is 1. The third kappa shape index (κ3) is 3.09. The Kier molecular flexibility index (Phi) is 4.64. The fourth-order valence-electron chi connectivity index (χ4n) is 3.21. The number of hydrogen-bond acceptors (Lipinski definition) is 3. The molecule has 1 aliphatic rings. The maximum atomic E-state index is 5.43. The van der Waals surface area contributed by atoms with Crippen molar-refractivity contribution in [2.75, 3.05) is 14.2 Å². The molecule has 1 atom stereocenters. The van der Waals surface area contributed by atoms with Crippen LogP contribution in [-0.4, -0.2) is 14.2 Å². The molecular formula is C19H23NO2. The van der Waals surface area contributed by atoms with Crippen molar-refractivity contribution in [3.8, 4) is 11.5 Å². The van der Waals surface area contributed by atoms with Crippen LogP contribution in [0.4, 0.5) is 0 Å². The number of rotatable bonds is 5. The van der Waals surface area contributed by atoms with Crippen LogP contribution < -0.4 is 14.8 Å². The number of hydrogen-bond donors (Lipinski definition) is 1. The molecule has 1 N–H and O–H groups in total. The number of benzene rings is 2. The monoisotopic (exact) mass is 297 g/mol. The summed E-state index contributed by atoms with van der Waals surface area (Å²) in [4.78, 5) is 0. The number of methoxy groups -OCH3 is 2. The van der Waals surface area contributed by atoms with Crippen molar-refractivity contribution >= 4 is 0 Å². The van der Waals surface area contributed by atoms with E-state index in [2.05, 4.69) is 35.6 Å². The number of ether oxygens (including phenoxy) is 2. The van der Waals surface area contributed by atoms with Gasteiger partial charge < -0.3 is 14.8 Å². The van der Waals surface area contributed by atoms with Gasteiger partial charge in [0.15, 0.2) is 0 Å². The molecule has 22 heavy (non-hydrogen) atoms. The summed E-state index contributed by atoms with van der Waals surface area (Å²) >= 11 is 0. The van der Waals surface area contributed by atoms with Gasteiger partial charge >= 0.3 is 0 Å². The molecular weight excluding hydrogens is 274 g/mol. The van der Waals surface area contributed by atoms with Crippen molar-refractivity contribution in [1.82, 2.24) is 5.32 Å². The van der Waals surface area contributed by atoms with Crippen LogP contribution in [0.5, 0.6) is 11.5 Å². The van der Waals surface area contributed by atoms with Gasteiger partial charge in [0.05, 0.1) is 14.2 Å². The molecule has 0 saturated carbocycles. The molecule has 0 aliphatic heterocycles. The van der Waals surface area contributed by atoms with Crippen molar-refractivity contribution in [3.05, 3.63) is 59.2 Å². The van der Waals surface area contributed by atoms with Crippen LogP contribution in [0.1, 0.15) is 35.6 Å². The fraction of sp³-hybridized carbons (Fsp3) is 0.368. The Morgan fingerprint density at radius 3 is 2.77 bits per heavy atom. The zero-order valence-electron chi connectivity index (χ0n) is 13.3. The van der Waals surface area contributed by atoms with Crippen LogP contribution in [-0.2, 0) is 13.0 Å². The highest BCUT2D eigenvalue weighted by Gasteiger charge is 2.20. The van der Waals surface area contributed by atoms with E-state index in [0.717, 1.165) is 24.5 Å². The highest BCUT2D eigenvalue weighted by atomic mass is 16.5. The van der Waals surface area contributed by atoms with Gasteiger partial charge in [0.1, 0.15) is 11.5 Å². The average molecular weight is 297 g/mol. The summed E-state index contributed by atoms with van der Waals surface area (Å²) in [6, 6.07) is 15.0. The van der Waals surface area contributed by atoms with E-state index in [4.69, 9.17) is 9.47 Å². The zero-order chi connectivity index (χ0) is 15.4. The second-order valence-electron chi connectivity index (χ2n) is 5.70. The molecule has 0 radical (unpaired) electrons. The molecule has 3 nitrogen and oxygen atoms in total. The zero-order valence-corrected chi connectivity index (χ0v) is 13.3. The van der Waals surface area contributed by atoms with Gasteiger partial charge in [-0.05, 0) is 48.6 Å². The van der Waals surface area contributed by atoms with E-state index in [1.165, 1.54) is 29.5 Å². The predicted octanol–water partition coefficient (Wildman–Crippen LogP) is 3.87. The average Bonchev–Trinajstić information content (AvgIpc) is 2.59. The van der Waals surface area contributed by atoms with Crippen LogP contribution in [0.2, 0.25) is 0 Å². The van der Waals surface area contributed by atoms with Crippen LogP contribution in [0.3, 0.4) is 0 Å². The third-order valence-corrected chi connectivity index (χ3v) is 4.40. The van der Waals surface area contributed by atoms with E-state index in [0.29, 0.717) is 6.04 Å². The fourth-order valence-corrected chi connectivity index (χ4v) is 3.21. The standard InChI is InChI=1S/C19H23NO2/c1-21-16-10-11-17-14(12-16)7-5-8-18(17)20-13-15-6-3-4-9-19(15)22-2/h3-4,6,9-12,18,20H,5,7-8,13H2,1-2H3. The van der Waals surface area contributed by atoms with E-state index in [9.17, 15) is 0 Å². The van der Waals surface area contributed by atoms with Gasteiger partial charge in [0.25, 0.3) is 0 Å². The molecule has 2 aromatic rings. The van der Waals surface area contributed by atoms with Crippen LogP contribution in [0.15, 0.2) is 42.5 Å². The molecule has 0 heterocycles. The largest absolute Gasteiger partial charge is 0.497 e. The summed E-state index contributed by atoms with van der Waals surface area (Å²) in [5.74, 6) is 1.89. The van der Waals surface area contributed by atoms with Gasteiger partial charge in [-0.3, -0.25) is 0 Å². The Balaban J connectivity index is 1.75. The smallest absolute Gasteiger partial charge is 0.123 e. The Morgan fingerprint density at radius 2 is 1.95 bits per heavy atom. The Morgan fingerprint density at radius 1 is 1.09 bits per heavy atom. The quantitative estimate of drug-likeness (QED) is 0.908.